The van der Waals surface area contributed by atoms with Gasteiger partial charge in [-0.25, -0.2) is 4.98 Å². The van der Waals surface area contributed by atoms with Gasteiger partial charge in [0.05, 0.1) is 32.8 Å². The predicted molar refractivity (Wildman–Crippen MR) is 139 cm³/mol. The minimum Gasteiger partial charge on any atom is -0.366 e. The number of pyridine rings is 2. The van der Waals surface area contributed by atoms with Crippen molar-refractivity contribution in [3.63, 3.8) is 0 Å². The second kappa shape index (κ2) is 9.90. The molecule has 0 N–H and O–H groups in total. The normalized spacial score (nSPS) is 15.9. The summed E-state index contributed by atoms with van der Waals surface area (Å²) in [6.07, 6.45) is 7.10. The van der Waals surface area contributed by atoms with Gasteiger partial charge in [0, 0.05) is 57.5 Å². The van der Waals surface area contributed by atoms with Gasteiger partial charge in [0.2, 0.25) is 0 Å². The van der Waals surface area contributed by atoms with Crippen molar-refractivity contribution in [2.45, 2.75) is 26.4 Å². The van der Waals surface area contributed by atoms with Gasteiger partial charge in [-0.1, -0.05) is 55.2 Å². The second-order valence-corrected chi connectivity index (χ2v) is 9.94. The zero-order chi connectivity index (χ0) is 23.7. The summed E-state index contributed by atoms with van der Waals surface area (Å²) in [5.41, 5.74) is 4.22. The monoisotopic (exact) mass is 494 g/mol. The van der Waals surface area contributed by atoms with Crippen molar-refractivity contribution in [2.24, 2.45) is 5.92 Å². The summed E-state index contributed by atoms with van der Waals surface area (Å²) in [4.78, 5) is 18.4. The van der Waals surface area contributed by atoms with E-state index in [0.717, 1.165) is 55.3 Å². The molecule has 176 valence electrons. The van der Waals surface area contributed by atoms with E-state index in [0.29, 0.717) is 16.0 Å². The quantitative estimate of drug-likeness (QED) is 0.344. The average Bonchev–Trinajstić information content (AvgIpc) is 3.18. The number of rotatable bonds is 6. The van der Waals surface area contributed by atoms with E-state index in [1.165, 1.54) is 5.52 Å². The largest absolute Gasteiger partial charge is 0.366 e. The van der Waals surface area contributed by atoms with E-state index in [2.05, 4.69) is 68.5 Å². The molecule has 4 aromatic rings. The fourth-order valence-corrected chi connectivity index (χ4v) is 5.43. The van der Waals surface area contributed by atoms with E-state index in [-0.39, 0.29) is 6.04 Å². The van der Waals surface area contributed by atoms with Crippen LogP contribution in [0.15, 0.2) is 61.2 Å². The molecule has 3 aromatic heterocycles. The third-order valence-electron chi connectivity index (χ3n) is 6.30. The summed E-state index contributed by atoms with van der Waals surface area (Å²) in [6, 6.07) is 12.6. The van der Waals surface area contributed by atoms with Crippen LogP contribution >= 0.6 is 23.2 Å². The van der Waals surface area contributed by atoms with Crippen molar-refractivity contribution in [1.29, 1.82) is 0 Å². The Balaban J connectivity index is 1.52. The molecule has 1 aromatic carbocycles. The molecule has 0 radical (unpaired) electrons. The highest BCUT2D eigenvalue weighted by Crippen LogP contribution is 2.36. The molecule has 6 nitrogen and oxygen atoms in total. The lowest BCUT2D eigenvalue weighted by atomic mass is 10.0. The predicted octanol–water partition coefficient (Wildman–Crippen LogP) is 5.70. The number of hydrogen-bond acceptors (Lipinski definition) is 5. The van der Waals surface area contributed by atoms with E-state index in [9.17, 15) is 0 Å². The van der Waals surface area contributed by atoms with Crippen molar-refractivity contribution in [3.8, 4) is 0 Å². The van der Waals surface area contributed by atoms with E-state index in [1.807, 2.05) is 18.5 Å². The maximum absolute atomic E-state index is 6.44. The number of nitrogens with zero attached hydrogens (tertiary/aromatic N) is 6. The molecule has 1 unspecified atom stereocenters. The molecule has 34 heavy (non-hydrogen) atoms. The van der Waals surface area contributed by atoms with E-state index in [4.69, 9.17) is 28.2 Å². The number of piperazine rings is 1. The number of para-hydroxylation sites is 2. The van der Waals surface area contributed by atoms with Crippen LogP contribution in [-0.2, 0) is 6.54 Å². The SMILES string of the molecule is CC(C)Cn1c(C(c2cccnc2)N2CCN(c3c(Cl)cncc3Cl)CC2)nc2ccccc21. The second-order valence-electron chi connectivity index (χ2n) is 9.13. The zero-order valence-corrected chi connectivity index (χ0v) is 20.9. The molecule has 1 fully saturated rings. The van der Waals surface area contributed by atoms with Gasteiger partial charge in [-0.05, 0) is 29.7 Å². The molecular weight excluding hydrogens is 467 g/mol. The topological polar surface area (TPSA) is 50.1 Å². The van der Waals surface area contributed by atoms with Gasteiger partial charge in [0.25, 0.3) is 0 Å². The zero-order valence-electron chi connectivity index (χ0n) is 19.4. The van der Waals surface area contributed by atoms with Gasteiger partial charge in [-0.15, -0.1) is 0 Å². The molecule has 1 atom stereocenters. The Hall–Kier alpha value is -2.67. The summed E-state index contributed by atoms with van der Waals surface area (Å²) < 4.78 is 2.39. The highest BCUT2D eigenvalue weighted by Gasteiger charge is 2.32. The van der Waals surface area contributed by atoms with Crippen LogP contribution in [0.2, 0.25) is 10.0 Å². The van der Waals surface area contributed by atoms with E-state index >= 15 is 0 Å². The first-order valence-corrected chi connectivity index (χ1v) is 12.4. The van der Waals surface area contributed by atoms with Crippen molar-refractivity contribution in [2.75, 3.05) is 31.1 Å². The van der Waals surface area contributed by atoms with E-state index < -0.39 is 0 Å². The van der Waals surface area contributed by atoms with Crippen molar-refractivity contribution in [1.82, 2.24) is 24.4 Å². The smallest absolute Gasteiger partial charge is 0.131 e. The number of aromatic nitrogens is 4. The fourth-order valence-electron chi connectivity index (χ4n) is 4.83. The maximum atomic E-state index is 6.44. The lowest BCUT2D eigenvalue weighted by Crippen LogP contribution is -2.48. The molecule has 0 spiro atoms. The van der Waals surface area contributed by atoms with Gasteiger partial charge < -0.3 is 9.47 Å². The maximum Gasteiger partial charge on any atom is 0.131 e. The molecular formula is C26H28Cl2N6. The first kappa shape index (κ1) is 23.1. The van der Waals surface area contributed by atoms with Gasteiger partial charge in [-0.3, -0.25) is 14.9 Å². The molecule has 5 rings (SSSR count). The van der Waals surface area contributed by atoms with Gasteiger partial charge in [0.15, 0.2) is 0 Å². The lowest BCUT2D eigenvalue weighted by molar-refractivity contribution is 0.201. The standard InChI is InChI=1S/C26H28Cl2N6/c1-18(2)17-34-23-8-4-3-7-22(23)31-26(34)24(19-6-5-9-29-14-19)32-10-12-33(13-11-32)25-20(27)15-30-16-21(25)28/h3-9,14-16,18,24H,10-13,17H2,1-2H3. The van der Waals surface area contributed by atoms with Gasteiger partial charge >= 0.3 is 0 Å². The van der Waals surface area contributed by atoms with Crippen LogP contribution in [0.3, 0.4) is 0 Å². The Morgan fingerprint density at radius 2 is 1.62 bits per heavy atom. The Bertz CT molecular complexity index is 1240. The number of hydrogen-bond donors (Lipinski definition) is 0. The first-order chi connectivity index (χ1) is 16.5. The van der Waals surface area contributed by atoms with Crippen LogP contribution in [0.25, 0.3) is 11.0 Å². The molecule has 1 aliphatic rings. The van der Waals surface area contributed by atoms with Crippen LogP contribution < -0.4 is 4.90 Å². The molecule has 0 saturated carbocycles. The third kappa shape index (κ3) is 4.50. The number of halogens is 2. The number of fused-ring (bicyclic) bond motifs is 1. The van der Waals surface area contributed by atoms with Crippen LogP contribution in [0.1, 0.15) is 31.3 Å². The van der Waals surface area contributed by atoms with Crippen molar-refractivity contribution < 1.29 is 0 Å². The number of anilines is 1. The molecule has 4 heterocycles. The Morgan fingerprint density at radius 3 is 2.29 bits per heavy atom. The molecule has 0 aliphatic carbocycles. The minimum atomic E-state index is 0.00499. The average molecular weight is 495 g/mol. The summed E-state index contributed by atoms with van der Waals surface area (Å²) >= 11 is 12.9. The Morgan fingerprint density at radius 1 is 0.882 bits per heavy atom. The van der Waals surface area contributed by atoms with Crippen molar-refractivity contribution in [3.05, 3.63) is 82.6 Å². The third-order valence-corrected chi connectivity index (χ3v) is 6.85. The number of benzene rings is 1. The highest BCUT2D eigenvalue weighted by atomic mass is 35.5. The van der Waals surface area contributed by atoms with E-state index in [1.54, 1.807) is 12.4 Å². The molecule has 8 heteroatoms. The minimum absolute atomic E-state index is 0.00499. The molecule has 1 aliphatic heterocycles. The summed E-state index contributed by atoms with van der Waals surface area (Å²) in [7, 11) is 0. The first-order valence-electron chi connectivity index (χ1n) is 11.7. The van der Waals surface area contributed by atoms with Crippen LogP contribution in [0.4, 0.5) is 5.69 Å². The van der Waals surface area contributed by atoms with Crippen LogP contribution in [0.5, 0.6) is 0 Å². The molecule has 0 bridgehead atoms. The van der Waals surface area contributed by atoms with Crippen molar-refractivity contribution >= 4 is 39.9 Å². The summed E-state index contributed by atoms with van der Waals surface area (Å²) in [5, 5.41) is 1.17. The molecule has 1 saturated heterocycles. The highest BCUT2D eigenvalue weighted by molar-refractivity contribution is 6.38. The summed E-state index contributed by atoms with van der Waals surface area (Å²) in [6.45, 7) is 8.72. The fraction of sp³-hybridized carbons (Fsp3) is 0.346. The van der Waals surface area contributed by atoms with Crippen LogP contribution in [-0.4, -0.2) is 50.6 Å². The molecule has 0 amide bonds. The van der Waals surface area contributed by atoms with Crippen LogP contribution in [0, 0.1) is 5.92 Å². The van der Waals surface area contributed by atoms with Gasteiger partial charge in [0.1, 0.15) is 5.82 Å². The lowest BCUT2D eigenvalue weighted by Gasteiger charge is -2.40. The Labute approximate surface area is 210 Å². The summed E-state index contributed by atoms with van der Waals surface area (Å²) in [5.74, 6) is 1.56. The number of imidazole rings is 1. The Kier molecular flexibility index (Phi) is 6.73. The van der Waals surface area contributed by atoms with Gasteiger partial charge in [-0.2, -0.15) is 0 Å².